The van der Waals surface area contributed by atoms with Crippen LogP contribution in [-0.2, 0) is 0 Å². The summed E-state index contributed by atoms with van der Waals surface area (Å²) >= 11 is 0. The summed E-state index contributed by atoms with van der Waals surface area (Å²) in [6.45, 7) is 0.785. The maximum absolute atomic E-state index is 5.70. The lowest BCUT2D eigenvalue weighted by molar-refractivity contribution is 0.574. The smallest absolute Gasteiger partial charge is 0.158 e. The number of nitrogen functional groups attached to an aromatic ring is 1. The minimum absolute atomic E-state index is 0.744. The lowest BCUT2D eigenvalue weighted by atomic mass is 10.1. The fourth-order valence-electron chi connectivity index (χ4n) is 1.37. The van der Waals surface area contributed by atoms with E-state index in [1.54, 1.807) is 6.21 Å². The van der Waals surface area contributed by atoms with E-state index in [2.05, 4.69) is 10.2 Å². The third-order valence-corrected chi connectivity index (χ3v) is 2.10. The van der Waals surface area contributed by atoms with Crippen molar-refractivity contribution >= 4 is 17.7 Å². The number of rotatable bonds is 1. The fourth-order valence-corrected chi connectivity index (χ4v) is 1.37. The highest BCUT2D eigenvalue weighted by molar-refractivity contribution is 6.01. The van der Waals surface area contributed by atoms with Crippen LogP contribution < -0.4 is 5.73 Å². The summed E-state index contributed by atoms with van der Waals surface area (Å²) < 4.78 is 0. The van der Waals surface area contributed by atoms with Crippen LogP contribution in [0.25, 0.3) is 0 Å². The van der Waals surface area contributed by atoms with E-state index >= 15 is 0 Å². The Morgan fingerprint density at radius 2 is 2.29 bits per heavy atom. The van der Waals surface area contributed by atoms with Crippen molar-refractivity contribution in [1.29, 1.82) is 0 Å². The van der Waals surface area contributed by atoms with E-state index in [-0.39, 0.29) is 0 Å². The van der Waals surface area contributed by atoms with Gasteiger partial charge in [-0.3, -0.25) is 0 Å². The highest BCUT2D eigenvalue weighted by Crippen LogP contribution is 2.11. The van der Waals surface area contributed by atoms with Gasteiger partial charge in [0.05, 0.1) is 6.54 Å². The second-order valence-corrected chi connectivity index (χ2v) is 3.23. The SMILES string of the molecule is CN1CC=NN=C1c1cccc(N)c1. The molecule has 4 nitrogen and oxygen atoms in total. The molecule has 1 heterocycles. The van der Waals surface area contributed by atoms with Gasteiger partial charge < -0.3 is 10.6 Å². The molecule has 0 unspecified atom stereocenters. The summed E-state index contributed by atoms with van der Waals surface area (Å²) in [7, 11) is 1.98. The van der Waals surface area contributed by atoms with E-state index < -0.39 is 0 Å². The van der Waals surface area contributed by atoms with E-state index in [1.165, 1.54) is 0 Å². The quantitative estimate of drug-likeness (QED) is 0.667. The van der Waals surface area contributed by atoms with Crippen LogP contribution in [0, 0.1) is 0 Å². The molecule has 0 aromatic heterocycles. The first kappa shape index (κ1) is 8.74. The van der Waals surface area contributed by atoms with Gasteiger partial charge in [0.2, 0.25) is 0 Å². The molecule has 0 atom stereocenters. The maximum atomic E-state index is 5.70. The first-order valence-electron chi connectivity index (χ1n) is 4.44. The molecule has 2 N–H and O–H groups in total. The van der Waals surface area contributed by atoms with Crippen molar-refractivity contribution in [3.05, 3.63) is 29.8 Å². The third kappa shape index (κ3) is 1.59. The Kier molecular flexibility index (Phi) is 2.18. The molecule has 0 saturated carbocycles. The predicted octanol–water partition coefficient (Wildman–Crippen LogP) is 0.947. The van der Waals surface area contributed by atoms with Crippen molar-refractivity contribution in [2.45, 2.75) is 0 Å². The van der Waals surface area contributed by atoms with Crippen LogP contribution in [0.2, 0.25) is 0 Å². The largest absolute Gasteiger partial charge is 0.399 e. The van der Waals surface area contributed by atoms with Crippen LogP contribution in [-0.4, -0.2) is 30.5 Å². The monoisotopic (exact) mass is 188 g/mol. The molecule has 0 saturated heterocycles. The minimum atomic E-state index is 0.744. The minimum Gasteiger partial charge on any atom is -0.399 e. The average molecular weight is 188 g/mol. The van der Waals surface area contributed by atoms with Crippen LogP contribution in [0.1, 0.15) is 5.56 Å². The van der Waals surface area contributed by atoms with Crippen LogP contribution in [0.5, 0.6) is 0 Å². The number of nitrogens with zero attached hydrogens (tertiary/aromatic N) is 3. The number of hydrogen-bond acceptors (Lipinski definition) is 4. The van der Waals surface area contributed by atoms with Crippen molar-refractivity contribution in [2.75, 3.05) is 19.3 Å². The summed E-state index contributed by atoms with van der Waals surface area (Å²) in [6.07, 6.45) is 1.77. The Morgan fingerprint density at radius 3 is 3.00 bits per heavy atom. The fraction of sp³-hybridized carbons (Fsp3) is 0.200. The van der Waals surface area contributed by atoms with Crippen LogP contribution in [0.4, 0.5) is 5.69 Å². The molecule has 2 rings (SSSR count). The molecule has 0 bridgehead atoms. The second-order valence-electron chi connectivity index (χ2n) is 3.23. The third-order valence-electron chi connectivity index (χ3n) is 2.10. The lowest BCUT2D eigenvalue weighted by Crippen LogP contribution is -2.31. The number of amidine groups is 1. The number of anilines is 1. The Hall–Kier alpha value is -1.84. The van der Waals surface area contributed by atoms with E-state index in [0.29, 0.717) is 0 Å². The Balaban J connectivity index is 2.39. The zero-order valence-corrected chi connectivity index (χ0v) is 8.01. The van der Waals surface area contributed by atoms with Crippen molar-refractivity contribution < 1.29 is 0 Å². The predicted molar refractivity (Wildman–Crippen MR) is 58.5 cm³/mol. The van der Waals surface area contributed by atoms with Crippen LogP contribution in [0.3, 0.4) is 0 Å². The van der Waals surface area contributed by atoms with Gasteiger partial charge in [-0.15, -0.1) is 5.10 Å². The molecule has 0 aliphatic carbocycles. The maximum Gasteiger partial charge on any atom is 0.158 e. The van der Waals surface area contributed by atoms with Crippen molar-refractivity contribution in [3.63, 3.8) is 0 Å². The highest BCUT2D eigenvalue weighted by atomic mass is 15.3. The Morgan fingerprint density at radius 1 is 1.43 bits per heavy atom. The van der Waals surface area contributed by atoms with E-state index in [0.717, 1.165) is 23.6 Å². The topological polar surface area (TPSA) is 54.0 Å². The lowest BCUT2D eigenvalue weighted by Gasteiger charge is -2.20. The summed E-state index contributed by atoms with van der Waals surface area (Å²) in [6, 6.07) is 7.65. The van der Waals surface area contributed by atoms with E-state index in [9.17, 15) is 0 Å². The number of benzene rings is 1. The van der Waals surface area contributed by atoms with Gasteiger partial charge in [-0.2, -0.15) is 5.10 Å². The molecule has 0 amide bonds. The standard InChI is InChI=1S/C10H12N4/c1-14-6-5-12-13-10(14)8-3-2-4-9(11)7-8/h2-5,7H,6,11H2,1H3. The average Bonchev–Trinajstić information content (AvgIpc) is 2.18. The Bertz CT molecular complexity index is 395. The van der Waals surface area contributed by atoms with Gasteiger partial charge in [-0.1, -0.05) is 12.1 Å². The molecule has 14 heavy (non-hydrogen) atoms. The summed E-state index contributed by atoms with van der Waals surface area (Å²) in [5.41, 5.74) is 7.45. The molecule has 0 radical (unpaired) electrons. The van der Waals surface area contributed by atoms with Gasteiger partial charge in [0.25, 0.3) is 0 Å². The summed E-state index contributed by atoms with van der Waals surface area (Å²) in [5.74, 6) is 0.861. The second kappa shape index (κ2) is 3.49. The molecule has 0 fully saturated rings. The zero-order chi connectivity index (χ0) is 9.97. The van der Waals surface area contributed by atoms with Gasteiger partial charge in [-0.05, 0) is 12.1 Å². The zero-order valence-electron chi connectivity index (χ0n) is 8.01. The van der Waals surface area contributed by atoms with Gasteiger partial charge in [0.15, 0.2) is 5.84 Å². The van der Waals surface area contributed by atoms with Crippen LogP contribution in [0.15, 0.2) is 34.5 Å². The van der Waals surface area contributed by atoms with Crippen molar-refractivity contribution in [3.8, 4) is 0 Å². The molecule has 1 aromatic rings. The highest BCUT2D eigenvalue weighted by Gasteiger charge is 2.11. The van der Waals surface area contributed by atoms with Crippen molar-refractivity contribution in [2.24, 2.45) is 10.2 Å². The first-order valence-corrected chi connectivity index (χ1v) is 4.44. The molecule has 4 heteroatoms. The number of nitrogens with two attached hydrogens (primary N) is 1. The number of hydrogen-bond donors (Lipinski definition) is 1. The summed E-state index contributed by atoms with van der Waals surface area (Å²) in [4.78, 5) is 2.03. The molecule has 1 aliphatic heterocycles. The molecule has 1 aliphatic rings. The van der Waals surface area contributed by atoms with Gasteiger partial charge in [-0.25, -0.2) is 0 Å². The molecular weight excluding hydrogens is 176 g/mol. The van der Waals surface area contributed by atoms with Crippen molar-refractivity contribution in [1.82, 2.24) is 4.90 Å². The molecular formula is C10H12N4. The van der Waals surface area contributed by atoms with E-state index in [1.807, 2.05) is 36.2 Å². The molecule has 1 aromatic carbocycles. The van der Waals surface area contributed by atoms with Gasteiger partial charge in [0.1, 0.15) is 0 Å². The molecule has 0 spiro atoms. The van der Waals surface area contributed by atoms with Gasteiger partial charge in [0, 0.05) is 24.5 Å². The first-order chi connectivity index (χ1) is 6.77. The van der Waals surface area contributed by atoms with Gasteiger partial charge >= 0.3 is 0 Å². The van der Waals surface area contributed by atoms with Crippen LogP contribution >= 0.6 is 0 Å². The summed E-state index contributed by atoms with van der Waals surface area (Å²) in [5, 5.41) is 7.97. The molecule has 72 valence electrons. The normalized spacial score (nSPS) is 15.5. The van der Waals surface area contributed by atoms with E-state index in [4.69, 9.17) is 5.73 Å². The Labute approximate surface area is 82.7 Å².